The number of aliphatic carboxylic acids is 1. The fourth-order valence-electron chi connectivity index (χ4n) is 2.74. The van der Waals surface area contributed by atoms with Crippen molar-refractivity contribution in [2.45, 2.75) is 17.2 Å². The van der Waals surface area contributed by atoms with Crippen LogP contribution in [0, 0.1) is 0 Å². The largest absolute Gasteiger partial charge is 0.478 e. The Bertz CT molecular complexity index is 1100. The van der Waals surface area contributed by atoms with Crippen molar-refractivity contribution < 1.29 is 36.2 Å². The molecule has 3 rings (SSSR count). The second kappa shape index (κ2) is 8.17. The van der Waals surface area contributed by atoms with Crippen molar-refractivity contribution in [2.24, 2.45) is 0 Å². The number of hydrogen-bond donors (Lipinski definition) is 1. The van der Waals surface area contributed by atoms with Gasteiger partial charge in [0.25, 0.3) is 0 Å². The SMILES string of the molecule is CN(C[C@H]1CO1)S(=O)(=O)c1cc(-c2ncccc2C=CC(=O)O)cc(C(F)(F)F)c1. The smallest absolute Gasteiger partial charge is 0.416 e. The standard InChI is InChI=1S/C19H17F3N2O5S/c1-24(10-15-11-29-15)30(27,28)16-8-13(7-14(9-16)19(20,21)22)18-12(3-2-6-23-18)4-5-17(25)26/h2-9,15H,10-11H2,1H3,(H,25,26)/t15-/m0/s1. The average Bonchev–Trinajstić information content (AvgIpc) is 3.49. The van der Waals surface area contributed by atoms with Crippen LogP contribution in [0.1, 0.15) is 11.1 Å². The minimum absolute atomic E-state index is 0.0180. The highest BCUT2D eigenvalue weighted by atomic mass is 32.2. The fraction of sp³-hybridized carbons (Fsp3) is 0.263. The van der Waals surface area contributed by atoms with E-state index in [1.165, 1.54) is 31.5 Å². The number of likely N-dealkylation sites (N-methyl/N-ethyl adjacent to an activating group) is 1. The van der Waals surface area contributed by atoms with E-state index >= 15 is 0 Å². The van der Waals surface area contributed by atoms with Crippen LogP contribution >= 0.6 is 0 Å². The maximum absolute atomic E-state index is 13.5. The van der Waals surface area contributed by atoms with Crippen LogP contribution in [-0.4, -0.2) is 55.1 Å². The number of alkyl halides is 3. The van der Waals surface area contributed by atoms with Crippen molar-refractivity contribution >= 4 is 22.1 Å². The lowest BCUT2D eigenvalue weighted by Gasteiger charge is -2.18. The Morgan fingerprint density at radius 1 is 1.37 bits per heavy atom. The van der Waals surface area contributed by atoms with Gasteiger partial charge >= 0.3 is 12.1 Å². The van der Waals surface area contributed by atoms with Crippen LogP contribution in [0.3, 0.4) is 0 Å². The van der Waals surface area contributed by atoms with Gasteiger partial charge in [0, 0.05) is 37.0 Å². The van der Waals surface area contributed by atoms with Crippen LogP contribution in [0.4, 0.5) is 13.2 Å². The maximum Gasteiger partial charge on any atom is 0.416 e. The van der Waals surface area contributed by atoms with Gasteiger partial charge in [-0.15, -0.1) is 0 Å². The number of ether oxygens (including phenoxy) is 1. The second-order valence-corrected chi connectivity index (χ2v) is 8.64. The van der Waals surface area contributed by atoms with Crippen LogP contribution in [-0.2, 0) is 25.7 Å². The molecule has 11 heteroatoms. The van der Waals surface area contributed by atoms with Gasteiger partial charge in [-0.1, -0.05) is 6.07 Å². The van der Waals surface area contributed by atoms with Crippen molar-refractivity contribution in [3.05, 3.63) is 53.7 Å². The number of halogens is 3. The van der Waals surface area contributed by atoms with Crippen LogP contribution < -0.4 is 0 Å². The lowest BCUT2D eigenvalue weighted by molar-refractivity contribution is -0.137. The molecule has 1 aromatic carbocycles. The molecule has 1 fully saturated rings. The normalized spacial score (nSPS) is 16.9. The van der Waals surface area contributed by atoms with Gasteiger partial charge in [-0.2, -0.15) is 17.5 Å². The van der Waals surface area contributed by atoms with Gasteiger partial charge in [0.1, 0.15) is 0 Å². The van der Waals surface area contributed by atoms with Crippen molar-refractivity contribution in [2.75, 3.05) is 20.2 Å². The molecule has 2 aromatic rings. The quantitative estimate of drug-likeness (QED) is 0.523. The van der Waals surface area contributed by atoms with E-state index < -0.39 is 32.6 Å². The first-order valence-electron chi connectivity index (χ1n) is 8.65. The zero-order valence-electron chi connectivity index (χ0n) is 15.6. The molecule has 1 saturated heterocycles. The Kier molecular flexibility index (Phi) is 5.97. The number of rotatable bonds is 7. The molecule has 0 unspecified atom stereocenters. The lowest BCUT2D eigenvalue weighted by atomic mass is 10.0. The van der Waals surface area contributed by atoms with E-state index in [0.29, 0.717) is 12.7 Å². The van der Waals surface area contributed by atoms with Gasteiger partial charge in [-0.05, 0) is 30.3 Å². The van der Waals surface area contributed by atoms with Crippen molar-refractivity contribution in [1.29, 1.82) is 0 Å². The summed E-state index contributed by atoms with van der Waals surface area (Å²) >= 11 is 0. The number of pyridine rings is 1. The second-order valence-electron chi connectivity index (χ2n) is 6.60. The first-order chi connectivity index (χ1) is 14.0. The van der Waals surface area contributed by atoms with E-state index in [9.17, 15) is 26.4 Å². The number of aromatic nitrogens is 1. The number of sulfonamides is 1. The third kappa shape index (κ3) is 5.04. The Labute approximate surface area is 170 Å². The predicted molar refractivity (Wildman–Crippen MR) is 101 cm³/mol. The highest BCUT2D eigenvalue weighted by Crippen LogP contribution is 2.36. The number of epoxide rings is 1. The Morgan fingerprint density at radius 2 is 2.07 bits per heavy atom. The Morgan fingerprint density at radius 3 is 2.67 bits per heavy atom. The molecular formula is C19H17F3N2O5S. The maximum atomic E-state index is 13.5. The molecule has 1 aromatic heterocycles. The van der Waals surface area contributed by atoms with Crippen molar-refractivity contribution in [3.8, 4) is 11.3 Å². The molecule has 0 radical (unpaired) electrons. The van der Waals surface area contributed by atoms with E-state index in [-0.39, 0.29) is 29.5 Å². The summed E-state index contributed by atoms with van der Waals surface area (Å²) in [5.41, 5.74) is -1.02. The average molecular weight is 442 g/mol. The number of carboxylic acid groups (broad SMARTS) is 1. The molecular weight excluding hydrogens is 425 g/mol. The number of benzene rings is 1. The molecule has 1 N–H and O–H groups in total. The number of hydrogen-bond acceptors (Lipinski definition) is 5. The summed E-state index contributed by atoms with van der Waals surface area (Å²) in [5.74, 6) is -1.25. The summed E-state index contributed by atoms with van der Waals surface area (Å²) in [4.78, 5) is 14.3. The summed E-state index contributed by atoms with van der Waals surface area (Å²) in [5, 5.41) is 8.82. The summed E-state index contributed by atoms with van der Waals surface area (Å²) in [6.07, 6.45) is -1.77. The summed E-state index contributed by atoms with van der Waals surface area (Å²) < 4.78 is 72.1. The van der Waals surface area contributed by atoms with E-state index in [1.54, 1.807) is 0 Å². The molecule has 1 atom stereocenters. The molecule has 1 aliphatic heterocycles. The molecule has 30 heavy (non-hydrogen) atoms. The zero-order chi connectivity index (χ0) is 22.1. The molecule has 0 aliphatic carbocycles. The highest BCUT2D eigenvalue weighted by molar-refractivity contribution is 7.89. The summed E-state index contributed by atoms with van der Waals surface area (Å²) in [6, 6.07) is 5.39. The van der Waals surface area contributed by atoms with E-state index in [1.807, 2.05) is 0 Å². The van der Waals surface area contributed by atoms with Crippen molar-refractivity contribution in [1.82, 2.24) is 9.29 Å². The Hall–Kier alpha value is -2.76. The van der Waals surface area contributed by atoms with Gasteiger partial charge in [0.15, 0.2) is 0 Å². The lowest BCUT2D eigenvalue weighted by Crippen LogP contribution is -2.30. The molecule has 2 heterocycles. The van der Waals surface area contributed by atoms with E-state index in [0.717, 1.165) is 22.5 Å². The topological polar surface area (TPSA) is 100 Å². The van der Waals surface area contributed by atoms with Crippen molar-refractivity contribution in [3.63, 3.8) is 0 Å². The van der Waals surface area contributed by atoms with Crippen LogP contribution in [0.25, 0.3) is 17.3 Å². The first kappa shape index (κ1) is 21.9. The van der Waals surface area contributed by atoms with Crippen LogP contribution in [0.2, 0.25) is 0 Å². The zero-order valence-corrected chi connectivity index (χ0v) is 16.4. The van der Waals surface area contributed by atoms with Crippen LogP contribution in [0.15, 0.2) is 47.5 Å². The molecule has 0 saturated carbocycles. The third-order valence-corrected chi connectivity index (χ3v) is 6.12. The van der Waals surface area contributed by atoms with Gasteiger partial charge in [-0.25, -0.2) is 13.2 Å². The predicted octanol–water partition coefficient (Wildman–Crippen LogP) is 2.88. The van der Waals surface area contributed by atoms with Gasteiger partial charge in [-0.3, -0.25) is 4.98 Å². The fourth-order valence-corrected chi connectivity index (χ4v) is 4.02. The molecule has 160 valence electrons. The monoisotopic (exact) mass is 442 g/mol. The Balaban J connectivity index is 2.15. The third-order valence-electron chi connectivity index (χ3n) is 4.32. The summed E-state index contributed by atoms with van der Waals surface area (Å²) in [6.45, 7) is 0.408. The van der Waals surface area contributed by atoms with Gasteiger partial charge in [0.05, 0.1) is 28.9 Å². The van der Waals surface area contributed by atoms with E-state index in [4.69, 9.17) is 9.84 Å². The van der Waals surface area contributed by atoms with Crippen LogP contribution in [0.5, 0.6) is 0 Å². The summed E-state index contributed by atoms with van der Waals surface area (Å²) in [7, 11) is -2.97. The number of nitrogens with zero attached hydrogens (tertiary/aromatic N) is 2. The highest BCUT2D eigenvalue weighted by Gasteiger charge is 2.35. The molecule has 0 spiro atoms. The molecule has 1 aliphatic rings. The number of carboxylic acids is 1. The van der Waals surface area contributed by atoms with E-state index in [2.05, 4.69) is 4.98 Å². The van der Waals surface area contributed by atoms with Gasteiger partial charge in [0.2, 0.25) is 10.0 Å². The molecule has 0 amide bonds. The minimum Gasteiger partial charge on any atom is -0.478 e. The molecule has 7 nitrogen and oxygen atoms in total. The first-order valence-corrected chi connectivity index (χ1v) is 10.1. The minimum atomic E-state index is -4.80. The molecule has 0 bridgehead atoms. The number of carbonyl (C=O) groups is 1. The van der Waals surface area contributed by atoms with Gasteiger partial charge < -0.3 is 9.84 Å².